The molecule has 0 heterocycles. The number of allylic oxidation sites excluding steroid dienone is 2. The van der Waals surface area contributed by atoms with Gasteiger partial charge in [0.2, 0.25) is 0 Å². The monoisotopic (exact) mass is 953 g/mol. The summed E-state index contributed by atoms with van der Waals surface area (Å²) in [6.07, 6.45) is 5.60. The SMILES string of the molecule is C=CCc1[c-]cccc1.C=CCc1[c-]cccc1.[Pt+2].c1ccc(P(c2ccccc2)c2ccccc2)cc1.c1ccc(P(c2ccccc2)c2ccccc2)cc1. The molecule has 284 valence electrons. The van der Waals surface area contributed by atoms with Gasteiger partial charge in [0.1, 0.15) is 0 Å². The average molecular weight is 954 g/mol. The van der Waals surface area contributed by atoms with Crippen molar-refractivity contribution in [3.05, 3.63) is 279 Å². The molecule has 0 aliphatic carbocycles. The molecule has 0 unspecified atom stereocenters. The van der Waals surface area contributed by atoms with Gasteiger partial charge in [-0.1, -0.05) is 194 Å². The zero-order valence-corrected chi connectivity index (χ0v) is 36.2. The molecule has 8 rings (SSSR count). The van der Waals surface area contributed by atoms with Gasteiger partial charge in [-0.2, -0.15) is 71.8 Å². The smallest absolute Gasteiger partial charge is 0.180 e. The topological polar surface area (TPSA) is 0 Å². The maximum Gasteiger partial charge on any atom is 2.00 e. The maximum atomic E-state index is 3.64. The van der Waals surface area contributed by atoms with Gasteiger partial charge < -0.3 is 0 Å². The Morgan fingerprint density at radius 2 is 0.526 bits per heavy atom. The van der Waals surface area contributed by atoms with Crippen LogP contribution in [-0.4, -0.2) is 0 Å². The summed E-state index contributed by atoms with van der Waals surface area (Å²) in [6, 6.07) is 86.7. The molecule has 57 heavy (non-hydrogen) atoms. The number of benzene rings is 8. The van der Waals surface area contributed by atoms with Crippen molar-refractivity contribution < 1.29 is 21.1 Å². The van der Waals surface area contributed by atoms with E-state index < -0.39 is 15.8 Å². The predicted octanol–water partition coefficient (Wildman–Crippen LogP) is 11.3. The molecular weight excluding hydrogens is 906 g/mol. The number of rotatable bonds is 10. The van der Waals surface area contributed by atoms with Gasteiger partial charge in [0.05, 0.1) is 0 Å². The van der Waals surface area contributed by atoms with Crippen LogP contribution >= 0.6 is 15.8 Å². The van der Waals surface area contributed by atoms with Crippen molar-refractivity contribution in [2.24, 2.45) is 0 Å². The molecule has 3 heteroatoms. The van der Waals surface area contributed by atoms with Crippen molar-refractivity contribution in [3.63, 3.8) is 0 Å². The molecule has 8 aromatic carbocycles. The van der Waals surface area contributed by atoms with Crippen molar-refractivity contribution in [3.8, 4) is 0 Å². The molecule has 0 nitrogen and oxygen atoms in total. The molecule has 0 N–H and O–H groups in total. The summed E-state index contributed by atoms with van der Waals surface area (Å²) in [7, 11) is -0.892. The van der Waals surface area contributed by atoms with Crippen LogP contribution in [0, 0.1) is 12.1 Å². The first-order valence-electron chi connectivity index (χ1n) is 18.8. The van der Waals surface area contributed by atoms with E-state index in [1.165, 1.54) is 43.0 Å². The van der Waals surface area contributed by atoms with Gasteiger partial charge in [-0.05, 0) is 60.5 Å². The Balaban J connectivity index is 0.000000178. The van der Waals surface area contributed by atoms with E-state index in [9.17, 15) is 0 Å². The molecule has 0 aliphatic heterocycles. The Morgan fingerprint density at radius 1 is 0.316 bits per heavy atom. The van der Waals surface area contributed by atoms with Crippen molar-refractivity contribution in [1.82, 2.24) is 0 Å². The second-order valence-corrected chi connectivity index (χ2v) is 16.9. The van der Waals surface area contributed by atoms with E-state index in [0.717, 1.165) is 12.8 Å². The van der Waals surface area contributed by atoms with Gasteiger partial charge in [0.15, 0.2) is 0 Å². The van der Waals surface area contributed by atoms with E-state index >= 15 is 0 Å². The van der Waals surface area contributed by atoms with Crippen LogP contribution in [0.2, 0.25) is 0 Å². The first kappa shape index (κ1) is 44.5. The van der Waals surface area contributed by atoms with Crippen molar-refractivity contribution >= 4 is 47.7 Å². The van der Waals surface area contributed by atoms with Crippen LogP contribution < -0.4 is 31.8 Å². The average Bonchev–Trinajstić information content (AvgIpc) is 3.28. The largest absolute Gasteiger partial charge is 2.00 e. The van der Waals surface area contributed by atoms with Crippen molar-refractivity contribution in [1.29, 1.82) is 0 Å². The zero-order valence-electron chi connectivity index (χ0n) is 32.1. The summed E-state index contributed by atoms with van der Waals surface area (Å²) < 4.78 is 0. The number of hydrogen-bond acceptors (Lipinski definition) is 0. The fourth-order valence-corrected chi connectivity index (χ4v) is 10.4. The molecule has 0 aromatic heterocycles. The minimum absolute atomic E-state index is 0. The molecule has 0 aliphatic rings. The second-order valence-electron chi connectivity index (χ2n) is 12.4. The molecule has 8 aromatic rings. The summed E-state index contributed by atoms with van der Waals surface area (Å²) in [4.78, 5) is 0. The van der Waals surface area contributed by atoms with Crippen LogP contribution in [0.4, 0.5) is 0 Å². The van der Waals surface area contributed by atoms with E-state index in [4.69, 9.17) is 0 Å². The van der Waals surface area contributed by atoms with Gasteiger partial charge >= 0.3 is 21.1 Å². The van der Waals surface area contributed by atoms with Crippen LogP contribution in [0.25, 0.3) is 0 Å². The molecule has 0 fully saturated rings. The second kappa shape index (κ2) is 26.6. The molecule has 0 amide bonds. The number of hydrogen-bond donors (Lipinski definition) is 0. The minimum atomic E-state index is -0.446. The summed E-state index contributed by atoms with van der Waals surface area (Å²) in [6.45, 7) is 7.27. The van der Waals surface area contributed by atoms with Gasteiger partial charge in [-0.15, -0.1) is 13.2 Å². The van der Waals surface area contributed by atoms with Crippen LogP contribution in [0.3, 0.4) is 0 Å². The molecule has 0 spiro atoms. The van der Waals surface area contributed by atoms with Crippen molar-refractivity contribution in [2.75, 3.05) is 0 Å². The van der Waals surface area contributed by atoms with E-state index in [1.54, 1.807) is 0 Å². The molecule has 0 bridgehead atoms. The first-order valence-corrected chi connectivity index (χ1v) is 21.5. The van der Waals surface area contributed by atoms with Gasteiger partial charge in [0, 0.05) is 0 Å². The fraction of sp³-hybridized carbons (Fsp3) is 0.0370. The van der Waals surface area contributed by atoms with Crippen molar-refractivity contribution in [2.45, 2.75) is 12.8 Å². The summed E-state index contributed by atoms with van der Waals surface area (Å²) >= 11 is 0. The standard InChI is InChI=1S/2C18H15P.2C9H9.Pt/c2*1-4-10-16(11-5-1)19(17-12-6-2-7-13-17)18-14-8-3-9-15-18;2*1-2-6-9-7-4-3-5-8-9;/h2*1-15H;2*2-5,7H,1,6H2;/q;;2*-1;+2. The fourth-order valence-electron chi connectivity index (χ4n) is 5.78. The Hall–Kier alpha value is -5.21. The minimum Gasteiger partial charge on any atom is -0.180 e. The maximum absolute atomic E-state index is 3.64. The quantitative estimate of drug-likeness (QED) is 0.0728. The molecule has 0 atom stereocenters. The van der Waals surface area contributed by atoms with Gasteiger partial charge in [-0.25, -0.2) is 0 Å². The van der Waals surface area contributed by atoms with E-state index in [0.29, 0.717) is 0 Å². The van der Waals surface area contributed by atoms with Crippen LogP contribution in [0.5, 0.6) is 0 Å². The van der Waals surface area contributed by atoms with Crippen LogP contribution in [0.15, 0.2) is 256 Å². The van der Waals surface area contributed by atoms with Gasteiger partial charge in [0.25, 0.3) is 0 Å². The Morgan fingerprint density at radius 3 is 0.702 bits per heavy atom. The van der Waals surface area contributed by atoms with Crippen LogP contribution in [-0.2, 0) is 33.9 Å². The molecule has 0 radical (unpaired) electrons. The molecule has 0 saturated carbocycles. The molecular formula is C54H48P2Pt. The first-order chi connectivity index (χ1) is 27.8. The van der Waals surface area contributed by atoms with E-state index in [2.05, 4.69) is 207 Å². The van der Waals surface area contributed by atoms with Crippen LogP contribution in [0.1, 0.15) is 11.1 Å². The van der Waals surface area contributed by atoms with E-state index in [1.807, 2.05) is 60.7 Å². The van der Waals surface area contributed by atoms with E-state index in [-0.39, 0.29) is 21.1 Å². The Kier molecular flexibility index (Phi) is 20.8. The summed E-state index contributed by atoms with van der Waals surface area (Å²) in [5, 5.41) is 8.39. The summed E-state index contributed by atoms with van der Waals surface area (Å²) in [5.74, 6) is 0. The third-order valence-corrected chi connectivity index (χ3v) is 13.2. The summed E-state index contributed by atoms with van der Waals surface area (Å²) in [5.41, 5.74) is 2.40. The van der Waals surface area contributed by atoms with Gasteiger partial charge in [-0.3, -0.25) is 0 Å². The molecule has 0 saturated heterocycles. The third-order valence-electron chi connectivity index (χ3n) is 8.36. The Labute approximate surface area is 358 Å². The zero-order chi connectivity index (χ0) is 38.9. The normalized spacial score (nSPS) is 9.86. The predicted molar refractivity (Wildman–Crippen MR) is 249 cm³/mol. The third kappa shape index (κ3) is 15.3. The Bertz CT molecular complexity index is 1850.